The standard InChI is InChI=1S/C32H28N2O7S/c1-37-24-12-9-21(10-13-24)19-34-30(35)29(42-32(34)33-23-7-5-4-6-8-23)18-22-11-15-26(28(17-22)38-2)40-20-25-14-16-27(41-25)31(36)39-3/h4-18H,19-20H2,1-3H3. The lowest BCUT2D eigenvalue weighted by atomic mass is 10.1. The second-order valence-corrected chi connectivity index (χ2v) is 10.0. The van der Waals surface area contributed by atoms with Crippen LogP contribution in [-0.2, 0) is 22.7 Å². The van der Waals surface area contributed by atoms with Gasteiger partial charge in [-0.3, -0.25) is 9.69 Å². The van der Waals surface area contributed by atoms with Crippen LogP contribution in [-0.4, -0.2) is 43.3 Å². The highest BCUT2D eigenvalue weighted by Gasteiger charge is 2.33. The van der Waals surface area contributed by atoms with E-state index < -0.39 is 5.97 Å². The lowest BCUT2D eigenvalue weighted by Crippen LogP contribution is -2.28. The minimum atomic E-state index is -0.560. The first-order valence-corrected chi connectivity index (χ1v) is 13.7. The highest BCUT2D eigenvalue weighted by molar-refractivity contribution is 8.18. The van der Waals surface area contributed by atoms with Gasteiger partial charge in [0.05, 0.1) is 38.5 Å². The van der Waals surface area contributed by atoms with Crippen molar-refractivity contribution in [2.45, 2.75) is 13.2 Å². The van der Waals surface area contributed by atoms with Crippen LogP contribution in [0.5, 0.6) is 17.2 Å². The van der Waals surface area contributed by atoms with Crippen LogP contribution in [0.1, 0.15) is 27.4 Å². The Balaban J connectivity index is 1.37. The maximum Gasteiger partial charge on any atom is 0.373 e. The molecule has 9 nitrogen and oxygen atoms in total. The van der Waals surface area contributed by atoms with Crippen molar-refractivity contribution in [1.82, 2.24) is 4.90 Å². The van der Waals surface area contributed by atoms with Crippen molar-refractivity contribution >= 4 is 40.6 Å². The number of methoxy groups -OCH3 is 3. The maximum absolute atomic E-state index is 13.6. The molecule has 2 heterocycles. The van der Waals surface area contributed by atoms with E-state index in [4.69, 9.17) is 23.6 Å². The molecule has 42 heavy (non-hydrogen) atoms. The molecule has 1 aliphatic heterocycles. The molecule has 0 bridgehead atoms. The molecule has 0 saturated carbocycles. The zero-order valence-corrected chi connectivity index (χ0v) is 24.1. The van der Waals surface area contributed by atoms with E-state index in [-0.39, 0.29) is 18.3 Å². The first-order valence-electron chi connectivity index (χ1n) is 12.9. The van der Waals surface area contributed by atoms with Crippen molar-refractivity contribution in [3.63, 3.8) is 0 Å². The predicted octanol–water partition coefficient (Wildman–Crippen LogP) is 6.47. The number of rotatable bonds is 10. The second kappa shape index (κ2) is 13.1. The zero-order chi connectivity index (χ0) is 29.5. The highest BCUT2D eigenvalue weighted by atomic mass is 32.2. The number of benzene rings is 3. The van der Waals surface area contributed by atoms with E-state index in [0.29, 0.717) is 33.9 Å². The molecule has 0 atom stereocenters. The third kappa shape index (κ3) is 6.67. The van der Waals surface area contributed by atoms with Crippen LogP contribution in [0.4, 0.5) is 5.69 Å². The summed E-state index contributed by atoms with van der Waals surface area (Å²) in [6, 6.07) is 25.7. The van der Waals surface area contributed by atoms with Gasteiger partial charge >= 0.3 is 5.97 Å². The van der Waals surface area contributed by atoms with Crippen molar-refractivity contribution in [1.29, 1.82) is 0 Å². The zero-order valence-electron chi connectivity index (χ0n) is 23.2. The fraction of sp³-hybridized carbons (Fsp3) is 0.156. The van der Waals surface area contributed by atoms with Crippen LogP contribution in [0.25, 0.3) is 6.08 Å². The molecular weight excluding hydrogens is 556 g/mol. The van der Waals surface area contributed by atoms with Crippen LogP contribution in [0.3, 0.4) is 0 Å². The smallest absolute Gasteiger partial charge is 0.373 e. The van der Waals surface area contributed by atoms with Crippen molar-refractivity contribution < 1.29 is 33.0 Å². The molecule has 0 aliphatic carbocycles. The summed E-state index contributed by atoms with van der Waals surface area (Å²) in [6.07, 6.45) is 1.81. The minimum Gasteiger partial charge on any atom is -0.497 e. The van der Waals surface area contributed by atoms with Gasteiger partial charge in [-0.15, -0.1) is 0 Å². The predicted molar refractivity (Wildman–Crippen MR) is 160 cm³/mol. The third-order valence-electron chi connectivity index (χ3n) is 6.27. The summed E-state index contributed by atoms with van der Waals surface area (Å²) in [7, 11) is 4.44. The third-order valence-corrected chi connectivity index (χ3v) is 7.28. The normalized spacial score (nSPS) is 14.8. The second-order valence-electron chi connectivity index (χ2n) is 9.04. The van der Waals surface area contributed by atoms with Crippen molar-refractivity contribution in [3.05, 3.63) is 112 Å². The van der Waals surface area contributed by atoms with Gasteiger partial charge in [0.25, 0.3) is 5.91 Å². The van der Waals surface area contributed by atoms with E-state index in [1.165, 1.54) is 32.0 Å². The Morgan fingerprint density at radius 2 is 1.71 bits per heavy atom. The Hall–Kier alpha value is -4.96. The molecule has 0 unspecified atom stereocenters. The summed E-state index contributed by atoms with van der Waals surface area (Å²) in [5.74, 6) is 1.55. The molecule has 0 N–H and O–H groups in total. The van der Waals surface area contributed by atoms with Gasteiger partial charge in [-0.05, 0) is 77.5 Å². The maximum atomic E-state index is 13.6. The molecule has 1 amide bonds. The molecule has 3 aromatic carbocycles. The highest BCUT2D eigenvalue weighted by Crippen LogP contribution is 2.37. The number of furan rings is 1. The number of amidine groups is 1. The summed E-state index contributed by atoms with van der Waals surface area (Å²) in [5.41, 5.74) is 2.46. The molecule has 4 aromatic rings. The van der Waals surface area contributed by atoms with Gasteiger partial charge in [0.1, 0.15) is 18.1 Å². The number of carbonyl (C=O) groups excluding carboxylic acids is 2. The van der Waals surface area contributed by atoms with Gasteiger partial charge in [0.15, 0.2) is 16.7 Å². The Morgan fingerprint density at radius 3 is 2.43 bits per heavy atom. The van der Waals surface area contributed by atoms with Crippen LogP contribution in [0, 0.1) is 0 Å². The number of thioether (sulfide) groups is 1. The number of esters is 1. The molecule has 10 heteroatoms. The van der Waals surface area contributed by atoms with Gasteiger partial charge in [0.2, 0.25) is 5.76 Å². The summed E-state index contributed by atoms with van der Waals surface area (Å²) in [6.45, 7) is 0.446. The monoisotopic (exact) mass is 584 g/mol. The van der Waals surface area contributed by atoms with E-state index in [0.717, 1.165) is 22.6 Å². The molecule has 214 valence electrons. The quantitative estimate of drug-likeness (QED) is 0.155. The fourth-order valence-electron chi connectivity index (χ4n) is 4.12. The van der Waals surface area contributed by atoms with Crippen molar-refractivity contribution in [2.75, 3.05) is 21.3 Å². The SMILES string of the molecule is COC(=O)c1ccc(COc2ccc(C=C3SC(=Nc4ccccc4)N(Cc4ccc(OC)cc4)C3=O)cc2OC)o1. The molecule has 1 aromatic heterocycles. The number of ether oxygens (including phenoxy) is 4. The Labute approximate surface area is 247 Å². The number of carbonyl (C=O) groups is 2. The van der Waals surface area contributed by atoms with Gasteiger partial charge in [-0.25, -0.2) is 9.79 Å². The number of hydrogen-bond acceptors (Lipinski definition) is 9. The first kappa shape index (κ1) is 28.6. The molecule has 5 rings (SSSR count). The van der Waals surface area contributed by atoms with E-state index >= 15 is 0 Å². The summed E-state index contributed by atoms with van der Waals surface area (Å²) in [5, 5.41) is 0.588. The van der Waals surface area contributed by atoms with Gasteiger partial charge in [-0.2, -0.15) is 0 Å². The first-order chi connectivity index (χ1) is 20.5. The van der Waals surface area contributed by atoms with E-state index in [2.05, 4.69) is 4.74 Å². The average Bonchev–Trinajstić information content (AvgIpc) is 3.61. The van der Waals surface area contributed by atoms with Gasteiger partial charge in [-0.1, -0.05) is 36.4 Å². The lowest BCUT2D eigenvalue weighted by molar-refractivity contribution is -0.122. The number of para-hydroxylation sites is 1. The van der Waals surface area contributed by atoms with E-state index in [1.54, 1.807) is 30.2 Å². The summed E-state index contributed by atoms with van der Waals surface area (Å²) < 4.78 is 26.8. The topological polar surface area (TPSA) is 99.8 Å². The summed E-state index contributed by atoms with van der Waals surface area (Å²) in [4.78, 5) is 32.2. The Kier molecular flexibility index (Phi) is 8.93. The van der Waals surface area contributed by atoms with E-state index in [1.807, 2.05) is 66.7 Å². The Morgan fingerprint density at radius 1 is 0.929 bits per heavy atom. The number of hydrogen-bond donors (Lipinski definition) is 0. The molecule has 0 radical (unpaired) electrons. The number of aliphatic imine (C=N–C) groups is 1. The average molecular weight is 585 g/mol. The molecular formula is C32H28N2O7S. The largest absolute Gasteiger partial charge is 0.497 e. The van der Waals surface area contributed by atoms with Crippen molar-refractivity contribution in [3.8, 4) is 17.2 Å². The minimum absolute atomic E-state index is 0.0851. The van der Waals surface area contributed by atoms with Crippen LogP contribution >= 0.6 is 11.8 Å². The summed E-state index contributed by atoms with van der Waals surface area (Å²) >= 11 is 1.32. The molecule has 0 spiro atoms. The van der Waals surface area contributed by atoms with Crippen LogP contribution in [0.2, 0.25) is 0 Å². The Bertz CT molecular complexity index is 1630. The lowest BCUT2D eigenvalue weighted by Gasteiger charge is -2.16. The van der Waals surface area contributed by atoms with E-state index in [9.17, 15) is 9.59 Å². The molecule has 1 saturated heterocycles. The van der Waals surface area contributed by atoms with Gasteiger partial charge < -0.3 is 23.4 Å². The molecule has 1 fully saturated rings. The van der Waals surface area contributed by atoms with Gasteiger partial charge in [0, 0.05) is 0 Å². The fourth-order valence-corrected chi connectivity index (χ4v) is 5.11. The molecule has 1 aliphatic rings. The van der Waals surface area contributed by atoms with Crippen LogP contribution in [0.15, 0.2) is 99.2 Å². The number of amides is 1. The van der Waals surface area contributed by atoms with Crippen LogP contribution < -0.4 is 14.2 Å². The van der Waals surface area contributed by atoms with Crippen molar-refractivity contribution in [2.24, 2.45) is 4.99 Å². The number of nitrogens with zero attached hydrogens (tertiary/aromatic N) is 2.